The zero-order valence-electron chi connectivity index (χ0n) is 4.83. The molecule has 0 unspecified atom stereocenters. The predicted octanol–water partition coefficient (Wildman–Crippen LogP) is -0.697. The van der Waals surface area contributed by atoms with Crippen molar-refractivity contribution < 1.29 is 14.7 Å². The van der Waals surface area contributed by atoms with E-state index in [4.69, 9.17) is 5.11 Å². The fraction of sp³-hybridized carbons (Fsp3) is 0.600. The number of amides is 1. The summed E-state index contributed by atoms with van der Waals surface area (Å²) < 4.78 is 0. The normalized spacial score (nSPS) is 16.7. The van der Waals surface area contributed by atoms with Crippen molar-refractivity contribution in [1.82, 2.24) is 4.90 Å². The fourth-order valence-electron chi connectivity index (χ4n) is 0.655. The van der Waals surface area contributed by atoms with E-state index in [0.29, 0.717) is 13.1 Å². The summed E-state index contributed by atoms with van der Waals surface area (Å²) in [6.07, 6.45) is 0.930. The van der Waals surface area contributed by atoms with Crippen LogP contribution in [0.2, 0.25) is 0 Å². The standard InChI is InChI=1S/C5H7NO3/c7-4(5(8)9)6-2-1-3-6/h1-3H2,(H,8,9). The zero-order chi connectivity index (χ0) is 6.85. The molecule has 50 valence electrons. The first-order valence-electron chi connectivity index (χ1n) is 2.74. The summed E-state index contributed by atoms with van der Waals surface area (Å²) in [7, 11) is 0. The van der Waals surface area contributed by atoms with E-state index in [9.17, 15) is 9.59 Å². The van der Waals surface area contributed by atoms with Gasteiger partial charge in [0.15, 0.2) is 0 Å². The van der Waals surface area contributed by atoms with Crippen LogP contribution >= 0.6 is 0 Å². The maximum atomic E-state index is 10.5. The molecule has 1 aliphatic rings. The molecule has 0 aromatic carbocycles. The molecule has 1 heterocycles. The Kier molecular flexibility index (Phi) is 1.38. The maximum absolute atomic E-state index is 10.5. The van der Waals surface area contributed by atoms with Gasteiger partial charge in [-0.15, -0.1) is 0 Å². The van der Waals surface area contributed by atoms with Crippen molar-refractivity contribution in [2.75, 3.05) is 13.1 Å². The molecule has 0 saturated carbocycles. The molecule has 1 aliphatic heterocycles. The highest BCUT2D eigenvalue weighted by atomic mass is 16.4. The SMILES string of the molecule is O=C(O)C(=O)N1CCC1. The molecule has 0 spiro atoms. The molecule has 1 amide bonds. The lowest BCUT2D eigenvalue weighted by molar-refractivity contribution is -0.157. The molecule has 0 radical (unpaired) electrons. The Bertz CT molecular complexity index is 150. The molecule has 0 aromatic rings. The highest BCUT2D eigenvalue weighted by molar-refractivity contribution is 6.31. The molecule has 1 rings (SSSR count). The minimum Gasteiger partial charge on any atom is -0.474 e. The fourth-order valence-corrected chi connectivity index (χ4v) is 0.655. The smallest absolute Gasteiger partial charge is 0.394 e. The topological polar surface area (TPSA) is 57.6 Å². The summed E-state index contributed by atoms with van der Waals surface area (Å²) in [5, 5.41) is 8.13. The summed E-state index contributed by atoms with van der Waals surface area (Å²) in [6, 6.07) is 0. The minimum atomic E-state index is -1.35. The van der Waals surface area contributed by atoms with Gasteiger partial charge in [-0.25, -0.2) is 4.79 Å². The van der Waals surface area contributed by atoms with Gasteiger partial charge in [0, 0.05) is 13.1 Å². The van der Waals surface area contributed by atoms with Gasteiger partial charge in [0.1, 0.15) is 0 Å². The first kappa shape index (κ1) is 6.07. The van der Waals surface area contributed by atoms with Gasteiger partial charge in [-0.3, -0.25) is 4.79 Å². The highest BCUT2D eigenvalue weighted by Gasteiger charge is 2.25. The van der Waals surface area contributed by atoms with Crippen LogP contribution in [0.25, 0.3) is 0 Å². The third kappa shape index (κ3) is 1.01. The molecule has 4 nitrogen and oxygen atoms in total. The van der Waals surface area contributed by atoms with Crippen LogP contribution in [0.4, 0.5) is 0 Å². The average molecular weight is 129 g/mol. The van der Waals surface area contributed by atoms with Crippen molar-refractivity contribution in [1.29, 1.82) is 0 Å². The minimum absolute atomic E-state index is 0.602. The number of carboxylic acids is 1. The molecule has 9 heavy (non-hydrogen) atoms. The number of hydrogen-bond donors (Lipinski definition) is 1. The van der Waals surface area contributed by atoms with Crippen LogP contribution in [0, 0.1) is 0 Å². The van der Waals surface area contributed by atoms with E-state index in [1.807, 2.05) is 0 Å². The second-order valence-electron chi connectivity index (χ2n) is 1.95. The van der Waals surface area contributed by atoms with Crippen molar-refractivity contribution >= 4 is 11.9 Å². The van der Waals surface area contributed by atoms with Gasteiger partial charge in [-0.05, 0) is 6.42 Å². The van der Waals surface area contributed by atoms with Gasteiger partial charge in [0.2, 0.25) is 0 Å². The number of carboxylic acid groups (broad SMARTS) is 1. The lowest BCUT2D eigenvalue weighted by Crippen LogP contribution is -2.45. The molecule has 0 aliphatic carbocycles. The van der Waals surface area contributed by atoms with E-state index in [0.717, 1.165) is 6.42 Å². The summed E-state index contributed by atoms with van der Waals surface area (Å²) in [5.41, 5.74) is 0. The molecular formula is C5H7NO3. The Labute approximate surface area is 52.1 Å². The maximum Gasteiger partial charge on any atom is 0.394 e. The quantitative estimate of drug-likeness (QED) is 0.440. The molecular weight excluding hydrogens is 122 g/mol. The largest absolute Gasteiger partial charge is 0.474 e. The lowest BCUT2D eigenvalue weighted by atomic mass is 10.2. The van der Waals surface area contributed by atoms with Crippen molar-refractivity contribution in [3.63, 3.8) is 0 Å². The van der Waals surface area contributed by atoms with Crippen molar-refractivity contribution in [2.24, 2.45) is 0 Å². The first-order valence-corrected chi connectivity index (χ1v) is 2.74. The van der Waals surface area contributed by atoms with Crippen LogP contribution in [-0.4, -0.2) is 35.0 Å². The van der Waals surface area contributed by atoms with E-state index in [2.05, 4.69) is 0 Å². The number of carbonyl (C=O) groups is 2. The molecule has 0 atom stereocenters. The third-order valence-electron chi connectivity index (χ3n) is 1.33. The van der Waals surface area contributed by atoms with Crippen LogP contribution in [0.3, 0.4) is 0 Å². The van der Waals surface area contributed by atoms with Crippen molar-refractivity contribution in [3.05, 3.63) is 0 Å². The van der Waals surface area contributed by atoms with E-state index in [1.165, 1.54) is 4.90 Å². The lowest BCUT2D eigenvalue weighted by Gasteiger charge is -2.28. The van der Waals surface area contributed by atoms with Gasteiger partial charge in [-0.2, -0.15) is 0 Å². The third-order valence-corrected chi connectivity index (χ3v) is 1.33. The molecule has 0 bridgehead atoms. The molecule has 1 fully saturated rings. The number of rotatable bonds is 0. The Morgan fingerprint density at radius 3 is 2.00 bits per heavy atom. The number of nitrogens with zero attached hydrogens (tertiary/aromatic N) is 1. The summed E-state index contributed by atoms with van der Waals surface area (Å²) in [4.78, 5) is 21.7. The second-order valence-corrected chi connectivity index (χ2v) is 1.95. The van der Waals surface area contributed by atoms with Gasteiger partial charge in [0.25, 0.3) is 0 Å². The van der Waals surface area contributed by atoms with Crippen molar-refractivity contribution in [3.8, 4) is 0 Å². The van der Waals surface area contributed by atoms with E-state index in [-0.39, 0.29) is 0 Å². The van der Waals surface area contributed by atoms with Crippen LogP contribution in [0.5, 0.6) is 0 Å². The average Bonchev–Trinajstić information content (AvgIpc) is 1.60. The van der Waals surface area contributed by atoms with Crippen LogP contribution in [-0.2, 0) is 9.59 Å². The van der Waals surface area contributed by atoms with Crippen LogP contribution in [0.15, 0.2) is 0 Å². The predicted molar refractivity (Wildman–Crippen MR) is 28.8 cm³/mol. The summed E-state index contributed by atoms with van der Waals surface area (Å²) in [6.45, 7) is 1.20. The highest BCUT2D eigenvalue weighted by Crippen LogP contribution is 2.04. The van der Waals surface area contributed by atoms with Gasteiger partial charge in [-0.1, -0.05) is 0 Å². The Balaban J connectivity index is 2.42. The number of hydrogen-bond acceptors (Lipinski definition) is 2. The van der Waals surface area contributed by atoms with Crippen LogP contribution in [0.1, 0.15) is 6.42 Å². The summed E-state index contributed by atoms with van der Waals surface area (Å²) >= 11 is 0. The number of carbonyl (C=O) groups excluding carboxylic acids is 1. The first-order chi connectivity index (χ1) is 4.22. The second kappa shape index (κ2) is 2.05. The van der Waals surface area contributed by atoms with Gasteiger partial charge in [0.05, 0.1) is 0 Å². The Hall–Kier alpha value is -1.06. The number of likely N-dealkylation sites (tertiary alicyclic amines) is 1. The monoisotopic (exact) mass is 129 g/mol. The molecule has 1 saturated heterocycles. The van der Waals surface area contributed by atoms with Gasteiger partial charge >= 0.3 is 11.9 Å². The zero-order valence-corrected chi connectivity index (χ0v) is 4.83. The van der Waals surface area contributed by atoms with Crippen LogP contribution < -0.4 is 0 Å². The van der Waals surface area contributed by atoms with E-state index >= 15 is 0 Å². The molecule has 0 aromatic heterocycles. The molecule has 1 N–H and O–H groups in total. The summed E-state index contributed by atoms with van der Waals surface area (Å²) in [5.74, 6) is -2.13. The molecule has 4 heteroatoms. The Morgan fingerprint density at radius 1 is 1.33 bits per heavy atom. The van der Waals surface area contributed by atoms with Gasteiger partial charge < -0.3 is 10.0 Å². The van der Waals surface area contributed by atoms with E-state index in [1.54, 1.807) is 0 Å². The number of aliphatic carboxylic acids is 1. The Morgan fingerprint density at radius 2 is 1.89 bits per heavy atom. The van der Waals surface area contributed by atoms with E-state index < -0.39 is 11.9 Å². The van der Waals surface area contributed by atoms with Crippen molar-refractivity contribution in [2.45, 2.75) is 6.42 Å².